The summed E-state index contributed by atoms with van der Waals surface area (Å²) in [5, 5.41) is 0. The van der Waals surface area contributed by atoms with Gasteiger partial charge in [-0.1, -0.05) is 24.3 Å². The Balaban J connectivity index is 1.47. The van der Waals surface area contributed by atoms with Crippen molar-refractivity contribution in [1.29, 1.82) is 0 Å². The van der Waals surface area contributed by atoms with Crippen molar-refractivity contribution < 1.29 is 18.0 Å². The SMILES string of the molecule is C[C@@H]1Cc2ccccc2N1C(=O)CCc1ncc(-c2c(F)cccc2F)o1. The Hall–Kier alpha value is -3.02. The van der Waals surface area contributed by atoms with Crippen LogP contribution in [0.4, 0.5) is 14.5 Å². The highest BCUT2D eigenvalue weighted by Gasteiger charge is 2.30. The lowest BCUT2D eigenvalue weighted by molar-refractivity contribution is -0.118. The number of oxazole rings is 1. The third kappa shape index (κ3) is 3.23. The molecule has 27 heavy (non-hydrogen) atoms. The van der Waals surface area contributed by atoms with E-state index in [9.17, 15) is 13.6 Å². The summed E-state index contributed by atoms with van der Waals surface area (Å²) in [7, 11) is 0. The van der Waals surface area contributed by atoms with Gasteiger partial charge in [-0.2, -0.15) is 0 Å². The van der Waals surface area contributed by atoms with Crippen molar-refractivity contribution in [3.8, 4) is 11.3 Å². The standard InChI is InChI=1S/C21H18F2N2O2/c1-13-11-14-5-2-3-8-17(14)25(13)20(26)10-9-19-24-12-18(27-19)21-15(22)6-4-7-16(21)23/h2-8,12-13H,9-11H2,1H3/t13-/m1/s1. The van der Waals surface area contributed by atoms with E-state index in [0.29, 0.717) is 0 Å². The minimum atomic E-state index is -0.712. The molecule has 1 aliphatic heterocycles. The third-order valence-electron chi connectivity index (χ3n) is 4.79. The zero-order valence-electron chi connectivity index (χ0n) is 14.8. The highest BCUT2D eigenvalue weighted by atomic mass is 19.1. The van der Waals surface area contributed by atoms with Gasteiger partial charge < -0.3 is 9.32 Å². The first-order chi connectivity index (χ1) is 13.0. The van der Waals surface area contributed by atoms with E-state index in [2.05, 4.69) is 4.98 Å². The molecule has 1 aromatic heterocycles. The molecule has 4 rings (SSSR count). The first-order valence-corrected chi connectivity index (χ1v) is 8.83. The summed E-state index contributed by atoms with van der Waals surface area (Å²) in [4.78, 5) is 18.6. The molecule has 4 nitrogen and oxygen atoms in total. The second-order valence-electron chi connectivity index (χ2n) is 6.66. The van der Waals surface area contributed by atoms with Gasteiger partial charge in [-0.3, -0.25) is 4.79 Å². The van der Waals surface area contributed by atoms with E-state index in [4.69, 9.17) is 4.42 Å². The second kappa shape index (κ2) is 6.95. The molecule has 3 aromatic rings. The first kappa shape index (κ1) is 17.4. The summed E-state index contributed by atoms with van der Waals surface area (Å²) in [6.07, 6.45) is 2.59. The number of amides is 1. The Labute approximate surface area is 155 Å². The van der Waals surface area contributed by atoms with Gasteiger partial charge in [-0.05, 0) is 37.1 Å². The molecule has 1 amide bonds. The number of rotatable bonds is 4. The van der Waals surface area contributed by atoms with Crippen molar-refractivity contribution in [2.24, 2.45) is 0 Å². The van der Waals surface area contributed by atoms with Crippen molar-refractivity contribution in [2.45, 2.75) is 32.2 Å². The number of carbonyl (C=O) groups excluding carboxylic acids is 1. The van der Waals surface area contributed by atoms with Crippen molar-refractivity contribution >= 4 is 11.6 Å². The zero-order chi connectivity index (χ0) is 19.0. The Morgan fingerprint density at radius 3 is 2.70 bits per heavy atom. The van der Waals surface area contributed by atoms with E-state index in [1.54, 1.807) is 4.90 Å². The lowest BCUT2D eigenvalue weighted by atomic mass is 10.1. The topological polar surface area (TPSA) is 46.3 Å². The Kier molecular flexibility index (Phi) is 4.48. The van der Waals surface area contributed by atoms with Gasteiger partial charge in [0.1, 0.15) is 11.6 Å². The molecule has 2 aromatic carbocycles. The predicted octanol–water partition coefficient (Wildman–Crippen LogP) is 4.53. The predicted molar refractivity (Wildman–Crippen MR) is 97.3 cm³/mol. The van der Waals surface area contributed by atoms with Crippen LogP contribution in [0, 0.1) is 11.6 Å². The van der Waals surface area contributed by atoms with Gasteiger partial charge in [0.25, 0.3) is 0 Å². The van der Waals surface area contributed by atoms with Crippen LogP contribution in [0.15, 0.2) is 53.1 Å². The number of benzene rings is 2. The fourth-order valence-corrected chi connectivity index (χ4v) is 3.55. The number of para-hydroxylation sites is 1. The number of hydrogen-bond donors (Lipinski definition) is 0. The maximum atomic E-state index is 13.9. The lowest BCUT2D eigenvalue weighted by Gasteiger charge is -2.22. The van der Waals surface area contributed by atoms with Gasteiger partial charge in [0.05, 0.1) is 11.8 Å². The smallest absolute Gasteiger partial charge is 0.227 e. The van der Waals surface area contributed by atoms with Crippen molar-refractivity contribution in [2.75, 3.05) is 4.90 Å². The molecule has 0 radical (unpaired) electrons. The largest absolute Gasteiger partial charge is 0.441 e. The molecule has 0 spiro atoms. The first-order valence-electron chi connectivity index (χ1n) is 8.83. The summed E-state index contributed by atoms with van der Waals surface area (Å²) >= 11 is 0. The maximum Gasteiger partial charge on any atom is 0.227 e. The fraction of sp³-hybridized carbons (Fsp3) is 0.238. The summed E-state index contributed by atoms with van der Waals surface area (Å²) in [5.74, 6) is -1.15. The van der Waals surface area contributed by atoms with Crippen LogP contribution in [0.1, 0.15) is 24.8 Å². The molecule has 6 heteroatoms. The summed E-state index contributed by atoms with van der Waals surface area (Å²) in [6, 6.07) is 11.6. The maximum absolute atomic E-state index is 13.9. The average molecular weight is 368 g/mol. The normalized spacial score (nSPS) is 15.8. The van der Waals surface area contributed by atoms with Crippen molar-refractivity contribution in [1.82, 2.24) is 4.98 Å². The molecule has 0 unspecified atom stereocenters. The summed E-state index contributed by atoms with van der Waals surface area (Å²) < 4.78 is 33.2. The molecule has 0 saturated heterocycles. The molecule has 0 bridgehead atoms. The monoisotopic (exact) mass is 368 g/mol. The molecule has 0 N–H and O–H groups in total. The number of carbonyl (C=O) groups is 1. The van der Waals surface area contributed by atoms with Crippen LogP contribution >= 0.6 is 0 Å². The lowest BCUT2D eigenvalue weighted by Crippen LogP contribution is -2.35. The van der Waals surface area contributed by atoms with Crippen molar-refractivity contribution in [3.63, 3.8) is 0 Å². The van der Waals surface area contributed by atoms with Crippen LogP contribution in [-0.4, -0.2) is 16.9 Å². The number of halogens is 2. The molecule has 138 valence electrons. The van der Waals surface area contributed by atoms with E-state index in [1.165, 1.54) is 12.3 Å². The van der Waals surface area contributed by atoms with E-state index in [0.717, 1.165) is 29.8 Å². The molecule has 0 fully saturated rings. The minimum Gasteiger partial charge on any atom is -0.441 e. The van der Waals surface area contributed by atoms with Crippen molar-refractivity contribution in [3.05, 3.63) is 71.8 Å². The molecule has 1 aliphatic rings. The van der Waals surface area contributed by atoms with Crippen LogP contribution in [0.2, 0.25) is 0 Å². The highest BCUT2D eigenvalue weighted by molar-refractivity contribution is 5.96. The number of nitrogens with zero attached hydrogens (tertiary/aromatic N) is 2. The Morgan fingerprint density at radius 2 is 1.93 bits per heavy atom. The fourth-order valence-electron chi connectivity index (χ4n) is 3.55. The second-order valence-corrected chi connectivity index (χ2v) is 6.66. The molecule has 1 atom stereocenters. The Morgan fingerprint density at radius 1 is 1.19 bits per heavy atom. The molecule has 0 saturated carbocycles. The van der Waals surface area contributed by atoms with Gasteiger partial charge in [-0.25, -0.2) is 13.8 Å². The van der Waals surface area contributed by atoms with E-state index < -0.39 is 11.6 Å². The molecule has 0 aliphatic carbocycles. The Bertz CT molecular complexity index is 979. The molecule has 2 heterocycles. The average Bonchev–Trinajstić information content (AvgIpc) is 3.23. The van der Waals surface area contributed by atoms with Crippen LogP contribution < -0.4 is 4.90 Å². The number of hydrogen-bond acceptors (Lipinski definition) is 3. The number of aromatic nitrogens is 1. The van der Waals surface area contributed by atoms with Gasteiger partial charge in [0.2, 0.25) is 5.91 Å². The van der Waals surface area contributed by atoms with Crippen LogP contribution in [-0.2, 0) is 17.6 Å². The number of fused-ring (bicyclic) bond motifs is 1. The quantitative estimate of drug-likeness (QED) is 0.680. The van der Waals surface area contributed by atoms with E-state index in [1.807, 2.05) is 31.2 Å². The van der Waals surface area contributed by atoms with Gasteiger partial charge in [0, 0.05) is 24.6 Å². The van der Waals surface area contributed by atoms with Crippen LogP contribution in [0.5, 0.6) is 0 Å². The van der Waals surface area contributed by atoms with Gasteiger partial charge in [0.15, 0.2) is 11.7 Å². The minimum absolute atomic E-state index is 0.0212. The molecular formula is C21H18F2N2O2. The van der Waals surface area contributed by atoms with Crippen LogP contribution in [0.25, 0.3) is 11.3 Å². The zero-order valence-corrected chi connectivity index (χ0v) is 14.8. The van der Waals surface area contributed by atoms with Gasteiger partial charge >= 0.3 is 0 Å². The summed E-state index contributed by atoms with van der Waals surface area (Å²) in [5.41, 5.74) is 1.85. The van der Waals surface area contributed by atoms with E-state index in [-0.39, 0.29) is 42.0 Å². The third-order valence-corrected chi connectivity index (χ3v) is 4.79. The summed E-state index contributed by atoms with van der Waals surface area (Å²) in [6.45, 7) is 2.02. The number of anilines is 1. The van der Waals surface area contributed by atoms with Gasteiger partial charge in [-0.15, -0.1) is 0 Å². The number of aryl methyl sites for hydroxylation is 1. The van der Waals surface area contributed by atoms with Crippen LogP contribution in [0.3, 0.4) is 0 Å². The highest BCUT2D eigenvalue weighted by Crippen LogP contribution is 2.32. The van der Waals surface area contributed by atoms with E-state index >= 15 is 0 Å². The molecular weight excluding hydrogens is 350 g/mol.